The summed E-state index contributed by atoms with van der Waals surface area (Å²) in [6, 6.07) is 7.40. The van der Waals surface area contributed by atoms with Crippen molar-refractivity contribution in [1.82, 2.24) is 9.55 Å². The van der Waals surface area contributed by atoms with Crippen LogP contribution < -0.4 is 0 Å². The van der Waals surface area contributed by atoms with Gasteiger partial charge >= 0.3 is 0 Å². The normalized spacial score (nSPS) is 14.3. The Morgan fingerprint density at radius 1 is 1.37 bits per heavy atom. The van der Waals surface area contributed by atoms with Crippen molar-refractivity contribution in [2.75, 3.05) is 0 Å². The quantitative estimate of drug-likeness (QED) is 0.910. The summed E-state index contributed by atoms with van der Waals surface area (Å²) in [6.45, 7) is 4.81. The number of halogens is 1. The van der Waals surface area contributed by atoms with Crippen molar-refractivity contribution in [1.29, 1.82) is 0 Å². The van der Waals surface area contributed by atoms with Gasteiger partial charge in [0, 0.05) is 35.9 Å². The van der Waals surface area contributed by atoms with Crippen LogP contribution in [0.15, 0.2) is 36.7 Å². The Kier molecular flexibility index (Phi) is 4.27. The van der Waals surface area contributed by atoms with Gasteiger partial charge in [0.05, 0.1) is 5.60 Å². The van der Waals surface area contributed by atoms with E-state index in [1.54, 1.807) is 19.2 Å². The third-order valence-corrected chi connectivity index (χ3v) is 3.55. The lowest BCUT2D eigenvalue weighted by molar-refractivity contribution is 0.0546. The van der Waals surface area contributed by atoms with Crippen molar-refractivity contribution in [2.45, 2.75) is 38.8 Å². The van der Waals surface area contributed by atoms with Crippen molar-refractivity contribution >= 4 is 11.6 Å². The number of rotatable bonds is 5. The Labute approximate surface area is 118 Å². The third kappa shape index (κ3) is 3.17. The van der Waals surface area contributed by atoms with Crippen LogP contribution in [0.4, 0.5) is 0 Å². The number of benzene rings is 1. The Bertz CT molecular complexity index is 549. The second kappa shape index (κ2) is 5.76. The molecule has 3 nitrogen and oxygen atoms in total. The van der Waals surface area contributed by atoms with Gasteiger partial charge in [0.2, 0.25) is 0 Å². The molecule has 1 N–H and O–H groups in total. The molecule has 1 aromatic heterocycles. The fourth-order valence-electron chi connectivity index (χ4n) is 2.25. The molecule has 0 aliphatic heterocycles. The van der Waals surface area contributed by atoms with E-state index in [2.05, 4.69) is 16.5 Å². The number of aryl methyl sites for hydroxylation is 1. The minimum absolute atomic E-state index is 0.448. The van der Waals surface area contributed by atoms with Gasteiger partial charge in [0.25, 0.3) is 0 Å². The molecular formula is C15H19ClN2O. The summed E-state index contributed by atoms with van der Waals surface area (Å²) >= 11 is 6.16. The first-order valence-corrected chi connectivity index (χ1v) is 6.90. The van der Waals surface area contributed by atoms with E-state index in [9.17, 15) is 5.11 Å². The lowest BCUT2D eigenvalue weighted by Crippen LogP contribution is -2.26. The molecule has 4 heteroatoms. The standard InChI is InChI=1S/C15H19ClN2O/c1-3-9-18-10-8-17-14(18)11-15(2,19)12-6-4-5-7-13(12)16/h4-8,10,19H,3,9,11H2,1-2H3. The van der Waals surface area contributed by atoms with E-state index in [0.29, 0.717) is 11.4 Å². The average Bonchev–Trinajstić information content (AvgIpc) is 2.77. The maximum Gasteiger partial charge on any atom is 0.111 e. The Morgan fingerprint density at radius 3 is 2.79 bits per heavy atom. The highest BCUT2D eigenvalue weighted by Crippen LogP contribution is 2.30. The summed E-state index contributed by atoms with van der Waals surface area (Å²) in [4.78, 5) is 4.34. The number of hydrogen-bond acceptors (Lipinski definition) is 2. The van der Waals surface area contributed by atoms with Gasteiger partial charge in [-0.05, 0) is 19.4 Å². The second-order valence-corrected chi connectivity index (χ2v) is 5.37. The summed E-state index contributed by atoms with van der Waals surface area (Å²) in [5.74, 6) is 0.881. The van der Waals surface area contributed by atoms with Gasteiger partial charge in [0.1, 0.15) is 5.82 Å². The van der Waals surface area contributed by atoms with Crippen LogP contribution >= 0.6 is 11.6 Å². The monoisotopic (exact) mass is 278 g/mol. The van der Waals surface area contributed by atoms with Crippen molar-refractivity contribution < 1.29 is 5.11 Å². The van der Waals surface area contributed by atoms with Crippen LogP contribution in [-0.4, -0.2) is 14.7 Å². The largest absolute Gasteiger partial charge is 0.385 e. The Hall–Kier alpha value is -1.32. The van der Waals surface area contributed by atoms with E-state index in [1.165, 1.54) is 0 Å². The molecule has 2 rings (SSSR count). The van der Waals surface area contributed by atoms with Crippen LogP contribution in [0.25, 0.3) is 0 Å². The number of nitrogens with zero attached hydrogens (tertiary/aromatic N) is 2. The number of hydrogen-bond donors (Lipinski definition) is 1. The molecule has 0 bridgehead atoms. The Morgan fingerprint density at radius 2 is 2.11 bits per heavy atom. The van der Waals surface area contributed by atoms with Gasteiger partial charge in [-0.25, -0.2) is 4.98 Å². The molecular weight excluding hydrogens is 260 g/mol. The highest BCUT2D eigenvalue weighted by molar-refractivity contribution is 6.31. The zero-order valence-corrected chi connectivity index (χ0v) is 12.1. The lowest BCUT2D eigenvalue weighted by atomic mass is 9.92. The summed E-state index contributed by atoms with van der Waals surface area (Å²) in [5, 5.41) is 11.3. The molecule has 0 saturated heterocycles. The van der Waals surface area contributed by atoms with E-state index in [1.807, 2.05) is 24.4 Å². The van der Waals surface area contributed by atoms with Crippen molar-refractivity contribution in [3.63, 3.8) is 0 Å². The van der Waals surface area contributed by atoms with E-state index in [-0.39, 0.29) is 0 Å². The first kappa shape index (κ1) is 14.1. The Balaban J connectivity index is 2.26. The molecule has 0 aliphatic rings. The topological polar surface area (TPSA) is 38.0 Å². The van der Waals surface area contributed by atoms with E-state index in [4.69, 9.17) is 11.6 Å². The van der Waals surface area contributed by atoms with E-state index in [0.717, 1.165) is 24.4 Å². The van der Waals surface area contributed by atoms with Crippen molar-refractivity contribution in [3.05, 3.63) is 53.1 Å². The van der Waals surface area contributed by atoms with Crippen LogP contribution in [0.1, 0.15) is 31.7 Å². The molecule has 1 heterocycles. The van der Waals surface area contributed by atoms with Gasteiger partial charge in [0.15, 0.2) is 0 Å². The van der Waals surface area contributed by atoms with Crippen LogP contribution in [-0.2, 0) is 18.6 Å². The molecule has 0 aliphatic carbocycles. The molecule has 19 heavy (non-hydrogen) atoms. The molecule has 0 fully saturated rings. The van der Waals surface area contributed by atoms with Crippen LogP contribution in [0.2, 0.25) is 5.02 Å². The maximum absolute atomic E-state index is 10.7. The minimum Gasteiger partial charge on any atom is -0.385 e. The molecule has 0 saturated carbocycles. The zero-order valence-electron chi connectivity index (χ0n) is 11.3. The van der Waals surface area contributed by atoms with Crippen LogP contribution in [0, 0.1) is 0 Å². The first-order valence-electron chi connectivity index (χ1n) is 6.52. The fraction of sp³-hybridized carbons (Fsp3) is 0.400. The van der Waals surface area contributed by atoms with E-state index < -0.39 is 5.60 Å². The summed E-state index contributed by atoms with van der Waals surface area (Å²) in [7, 11) is 0. The average molecular weight is 279 g/mol. The molecule has 0 spiro atoms. The van der Waals surface area contributed by atoms with Crippen molar-refractivity contribution in [3.8, 4) is 0 Å². The predicted molar refractivity (Wildman–Crippen MR) is 77.2 cm³/mol. The highest BCUT2D eigenvalue weighted by Gasteiger charge is 2.27. The molecule has 1 atom stereocenters. The molecule has 0 radical (unpaired) electrons. The van der Waals surface area contributed by atoms with Crippen LogP contribution in [0.5, 0.6) is 0 Å². The minimum atomic E-state index is -1.02. The predicted octanol–water partition coefficient (Wildman–Crippen LogP) is 3.40. The zero-order chi connectivity index (χ0) is 13.9. The van der Waals surface area contributed by atoms with Gasteiger partial charge in [-0.3, -0.25) is 0 Å². The van der Waals surface area contributed by atoms with Gasteiger partial charge < -0.3 is 9.67 Å². The molecule has 2 aromatic rings. The summed E-state index contributed by atoms with van der Waals surface area (Å²) in [6.07, 6.45) is 5.20. The number of imidazole rings is 1. The summed E-state index contributed by atoms with van der Waals surface area (Å²) < 4.78 is 2.07. The second-order valence-electron chi connectivity index (χ2n) is 4.97. The number of aliphatic hydroxyl groups is 1. The fourth-order valence-corrected chi connectivity index (χ4v) is 2.59. The molecule has 0 amide bonds. The summed E-state index contributed by atoms with van der Waals surface area (Å²) in [5.41, 5.74) is -0.280. The van der Waals surface area contributed by atoms with Gasteiger partial charge in [-0.15, -0.1) is 0 Å². The first-order chi connectivity index (χ1) is 9.04. The van der Waals surface area contributed by atoms with Crippen molar-refractivity contribution in [2.24, 2.45) is 0 Å². The smallest absolute Gasteiger partial charge is 0.111 e. The van der Waals surface area contributed by atoms with Crippen LogP contribution in [0.3, 0.4) is 0 Å². The van der Waals surface area contributed by atoms with E-state index >= 15 is 0 Å². The lowest BCUT2D eigenvalue weighted by Gasteiger charge is -2.25. The SMILES string of the molecule is CCCn1ccnc1CC(C)(O)c1ccccc1Cl. The third-order valence-electron chi connectivity index (χ3n) is 3.22. The van der Waals surface area contributed by atoms with Gasteiger partial charge in [-0.1, -0.05) is 36.7 Å². The molecule has 102 valence electrons. The molecule has 1 unspecified atom stereocenters. The number of aromatic nitrogens is 2. The highest BCUT2D eigenvalue weighted by atomic mass is 35.5. The molecule has 1 aromatic carbocycles. The van der Waals surface area contributed by atoms with Gasteiger partial charge in [-0.2, -0.15) is 0 Å². The maximum atomic E-state index is 10.7.